The first kappa shape index (κ1) is 10.6. The van der Waals surface area contributed by atoms with Crippen LogP contribution in [0.5, 0.6) is 5.75 Å². The van der Waals surface area contributed by atoms with Crippen molar-refractivity contribution in [2.24, 2.45) is 0 Å². The van der Waals surface area contributed by atoms with E-state index in [1.54, 1.807) is 6.07 Å². The molecule has 0 unspecified atom stereocenters. The first-order valence-electron chi connectivity index (χ1n) is 4.72. The largest absolute Gasteiger partial charge is 0.487 e. The van der Waals surface area contributed by atoms with Crippen molar-refractivity contribution in [1.29, 1.82) is 0 Å². The number of rotatable bonds is 4. The van der Waals surface area contributed by atoms with Crippen LogP contribution in [0.25, 0.3) is 0 Å². The molecule has 0 aliphatic carbocycles. The number of hydrogen-bond acceptors (Lipinski definition) is 5. The van der Waals surface area contributed by atoms with Crippen LogP contribution < -0.4 is 4.74 Å². The molecule has 5 heteroatoms. The van der Waals surface area contributed by atoms with E-state index in [1.165, 1.54) is 18.3 Å². The molecule has 1 aliphatic heterocycles. The van der Waals surface area contributed by atoms with Crippen LogP contribution in [0.3, 0.4) is 0 Å². The van der Waals surface area contributed by atoms with Crippen molar-refractivity contribution in [2.75, 3.05) is 19.8 Å². The van der Waals surface area contributed by atoms with Gasteiger partial charge in [-0.1, -0.05) is 0 Å². The number of hydrogen-bond donors (Lipinski definition) is 0. The monoisotopic (exact) mass is 228 g/mol. The normalized spacial score (nSPS) is 16.9. The Morgan fingerprint density at radius 2 is 2.33 bits per heavy atom. The predicted octanol–water partition coefficient (Wildman–Crippen LogP) is 1.70. The Kier molecular flexibility index (Phi) is 3.35. The molecule has 1 fully saturated rings. The summed E-state index contributed by atoms with van der Waals surface area (Å²) in [6.07, 6.45) is -0.301. The Hall–Kier alpha value is -0.910. The van der Waals surface area contributed by atoms with Crippen molar-refractivity contribution < 1.29 is 19.0 Å². The maximum atomic E-state index is 11.2. The number of Topliss-reactive ketones (excluding diaryl/α,β-unsaturated/α-hetero) is 1. The van der Waals surface area contributed by atoms with Crippen molar-refractivity contribution in [3.8, 4) is 5.75 Å². The molecule has 2 heterocycles. The van der Waals surface area contributed by atoms with E-state index in [-0.39, 0.29) is 12.1 Å². The molecule has 0 atom stereocenters. The van der Waals surface area contributed by atoms with Crippen LogP contribution in [0.4, 0.5) is 0 Å². The lowest BCUT2D eigenvalue weighted by Gasteiger charge is -2.10. The van der Waals surface area contributed by atoms with E-state index in [0.717, 1.165) is 0 Å². The van der Waals surface area contributed by atoms with E-state index in [9.17, 15) is 4.79 Å². The van der Waals surface area contributed by atoms with Crippen molar-refractivity contribution in [3.63, 3.8) is 0 Å². The maximum Gasteiger partial charge on any atom is 0.191 e. The summed E-state index contributed by atoms with van der Waals surface area (Å²) in [7, 11) is 0. The smallest absolute Gasteiger partial charge is 0.191 e. The third-order valence-electron chi connectivity index (χ3n) is 2.01. The molecule has 1 aliphatic rings. The Bertz CT molecular complexity index is 341. The minimum absolute atomic E-state index is 0.0215. The molecule has 1 aromatic heterocycles. The van der Waals surface area contributed by atoms with Crippen molar-refractivity contribution in [2.45, 2.75) is 13.2 Å². The van der Waals surface area contributed by atoms with Crippen LogP contribution in [-0.4, -0.2) is 31.9 Å². The Labute approximate surface area is 91.8 Å². The predicted molar refractivity (Wildman–Crippen MR) is 55.5 cm³/mol. The molecule has 82 valence electrons. The Balaban J connectivity index is 1.92. The summed E-state index contributed by atoms with van der Waals surface area (Å²) in [4.78, 5) is 11.8. The maximum absolute atomic E-state index is 11.2. The molecule has 0 N–H and O–H groups in total. The molecule has 1 aromatic rings. The lowest BCUT2D eigenvalue weighted by Crippen LogP contribution is -2.18. The molecular formula is C10H12O4S. The molecule has 0 bridgehead atoms. The Morgan fingerprint density at radius 1 is 1.60 bits per heavy atom. The molecule has 0 amide bonds. The van der Waals surface area contributed by atoms with Crippen LogP contribution >= 0.6 is 11.3 Å². The minimum Gasteiger partial charge on any atom is -0.487 e. The highest BCUT2D eigenvalue weighted by molar-refractivity contribution is 7.12. The van der Waals surface area contributed by atoms with E-state index in [2.05, 4.69) is 0 Å². The summed E-state index contributed by atoms with van der Waals surface area (Å²) in [6, 6.07) is 1.79. The highest BCUT2D eigenvalue weighted by atomic mass is 32.1. The highest BCUT2D eigenvalue weighted by Crippen LogP contribution is 2.25. The molecule has 0 aromatic carbocycles. The van der Waals surface area contributed by atoms with Gasteiger partial charge in [0.05, 0.1) is 13.2 Å². The number of thiophene rings is 1. The van der Waals surface area contributed by atoms with Gasteiger partial charge in [-0.3, -0.25) is 4.79 Å². The van der Waals surface area contributed by atoms with Gasteiger partial charge in [-0.15, -0.1) is 11.3 Å². The first-order chi connectivity index (χ1) is 7.27. The van der Waals surface area contributed by atoms with Gasteiger partial charge in [0.1, 0.15) is 17.2 Å². The molecule has 15 heavy (non-hydrogen) atoms. The highest BCUT2D eigenvalue weighted by Gasteiger charge is 2.18. The zero-order chi connectivity index (χ0) is 10.7. The van der Waals surface area contributed by atoms with Crippen molar-refractivity contribution in [3.05, 3.63) is 16.3 Å². The second-order valence-electron chi connectivity index (χ2n) is 3.15. The first-order valence-corrected chi connectivity index (χ1v) is 5.60. The summed E-state index contributed by atoms with van der Waals surface area (Å²) in [5, 5.41) is 1.84. The average Bonchev–Trinajstić information content (AvgIpc) is 2.86. The van der Waals surface area contributed by atoms with Crippen LogP contribution in [0.15, 0.2) is 11.4 Å². The second-order valence-corrected chi connectivity index (χ2v) is 4.07. The molecule has 1 saturated heterocycles. The molecular weight excluding hydrogens is 216 g/mol. The van der Waals surface area contributed by atoms with Crippen LogP contribution in [-0.2, 0) is 9.47 Å². The van der Waals surface area contributed by atoms with E-state index < -0.39 is 0 Å². The van der Waals surface area contributed by atoms with Crippen molar-refractivity contribution >= 4 is 17.1 Å². The van der Waals surface area contributed by atoms with Gasteiger partial charge in [-0.2, -0.15) is 0 Å². The quantitative estimate of drug-likeness (QED) is 0.736. The third kappa shape index (κ3) is 2.56. The summed E-state index contributed by atoms with van der Waals surface area (Å²) in [6.45, 7) is 3.08. The fraction of sp³-hybridized carbons (Fsp3) is 0.500. The molecule has 0 spiro atoms. The van der Waals surface area contributed by atoms with Gasteiger partial charge < -0.3 is 14.2 Å². The van der Waals surface area contributed by atoms with Crippen LogP contribution in [0.2, 0.25) is 0 Å². The zero-order valence-corrected chi connectivity index (χ0v) is 9.21. The van der Waals surface area contributed by atoms with Crippen molar-refractivity contribution in [1.82, 2.24) is 0 Å². The second kappa shape index (κ2) is 4.74. The minimum atomic E-state index is -0.301. The van der Waals surface area contributed by atoms with Gasteiger partial charge in [0.15, 0.2) is 12.1 Å². The molecule has 4 nitrogen and oxygen atoms in total. The fourth-order valence-corrected chi connectivity index (χ4v) is 2.07. The standard InChI is InChI=1S/C10H12O4S/c1-7(11)10-8(2-5-15-10)14-6-9-12-3-4-13-9/h2,5,9H,3-4,6H2,1H3. The number of carbonyl (C=O) groups excluding carboxylic acids is 1. The molecule has 0 saturated carbocycles. The number of carbonyl (C=O) groups is 1. The van der Waals surface area contributed by atoms with E-state index >= 15 is 0 Å². The van der Waals surface area contributed by atoms with E-state index in [0.29, 0.717) is 30.4 Å². The molecule has 0 radical (unpaired) electrons. The molecule has 2 rings (SSSR count). The van der Waals surface area contributed by atoms with Gasteiger partial charge in [0.25, 0.3) is 0 Å². The topological polar surface area (TPSA) is 44.8 Å². The van der Waals surface area contributed by atoms with Gasteiger partial charge in [0.2, 0.25) is 0 Å². The van der Waals surface area contributed by atoms with Gasteiger partial charge in [-0.05, 0) is 11.4 Å². The van der Waals surface area contributed by atoms with E-state index in [4.69, 9.17) is 14.2 Å². The number of ether oxygens (including phenoxy) is 3. The van der Waals surface area contributed by atoms with Gasteiger partial charge >= 0.3 is 0 Å². The average molecular weight is 228 g/mol. The lowest BCUT2D eigenvalue weighted by atomic mass is 10.3. The lowest BCUT2D eigenvalue weighted by molar-refractivity contribution is -0.0684. The van der Waals surface area contributed by atoms with Gasteiger partial charge in [0, 0.05) is 6.92 Å². The fourth-order valence-electron chi connectivity index (χ4n) is 1.33. The van der Waals surface area contributed by atoms with Gasteiger partial charge in [-0.25, -0.2) is 0 Å². The van der Waals surface area contributed by atoms with E-state index in [1.807, 2.05) is 5.38 Å². The summed E-state index contributed by atoms with van der Waals surface area (Å²) < 4.78 is 15.9. The summed E-state index contributed by atoms with van der Waals surface area (Å²) >= 11 is 1.38. The third-order valence-corrected chi connectivity index (χ3v) is 3.01. The summed E-state index contributed by atoms with van der Waals surface area (Å²) in [5.41, 5.74) is 0. The zero-order valence-electron chi connectivity index (χ0n) is 8.39. The van der Waals surface area contributed by atoms with Crippen LogP contribution in [0, 0.1) is 0 Å². The Morgan fingerprint density at radius 3 is 3.00 bits per heavy atom. The number of ketones is 1. The van der Waals surface area contributed by atoms with Crippen LogP contribution in [0.1, 0.15) is 16.6 Å². The summed E-state index contributed by atoms with van der Waals surface area (Å²) in [5.74, 6) is 0.639. The SMILES string of the molecule is CC(=O)c1sccc1OCC1OCCO1.